The molecule has 2 aromatic rings. The number of carbonyl (C=O) groups is 1. The highest BCUT2D eigenvalue weighted by Crippen LogP contribution is 2.44. The van der Waals surface area contributed by atoms with E-state index in [0.717, 1.165) is 0 Å². The fourth-order valence-corrected chi connectivity index (χ4v) is 4.91. The van der Waals surface area contributed by atoms with E-state index in [1.54, 1.807) is 29.6 Å². The zero-order chi connectivity index (χ0) is 23.6. The van der Waals surface area contributed by atoms with Crippen LogP contribution in [-0.2, 0) is 30.6 Å². The quantitative estimate of drug-likeness (QED) is 0.397. The normalized spacial score (nSPS) is 24.5. The topological polar surface area (TPSA) is 130 Å². The molecular weight excluding hydrogens is 460 g/mol. The van der Waals surface area contributed by atoms with Crippen LogP contribution in [0.5, 0.6) is 0 Å². The maximum absolute atomic E-state index is 15.5. The molecule has 0 aromatic carbocycles. The Bertz CT molecular complexity index is 1010. The summed E-state index contributed by atoms with van der Waals surface area (Å²) in [7, 11) is 1.97. The van der Waals surface area contributed by atoms with Gasteiger partial charge in [0.2, 0.25) is 23.6 Å². The third-order valence-electron chi connectivity index (χ3n) is 4.90. The number of carbonyl (C=O) groups excluding carboxylic acids is 1. The van der Waals surface area contributed by atoms with Gasteiger partial charge in [-0.15, -0.1) is 4.52 Å². The standard InChI is InChI=1S/C18H28FN7O4PS/c1-6-28-16(27)11(3)24-31(32)29-8-18(19)7-10(2)15(30-18)26-9-21-12-13(25(4)5)22-17(20)23-14(12)26/h9-11,15H,6-8H2,1-5H3,(H,24,32)(H2,20,22,23)/q+1/t10-,11-,15+,18-/m0/s1. The Morgan fingerprint density at radius 3 is 2.94 bits per heavy atom. The smallest absolute Gasteiger partial charge is 0.440 e. The number of ether oxygens (including phenoxy) is 2. The van der Waals surface area contributed by atoms with Crippen molar-refractivity contribution in [3.63, 3.8) is 0 Å². The highest BCUT2D eigenvalue weighted by molar-refractivity contribution is 8.02. The van der Waals surface area contributed by atoms with Crippen molar-refractivity contribution in [2.75, 3.05) is 37.9 Å². The van der Waals surface area contributed by atoms with Crippen LogP contribution in [-0.4, -0.2) is 64.7 Å². The number of aromatic nitrogens is 4. The summed E-state index contributed by atoms with van der Waals surface area (Å²) in [5, 5.41) is 2.81. The SMILES string of the molecule is CCOC(=O)[C@H](C)N[P+](=S)OC[C@]1(F)C[C@H](C)[C@H](n2cnc3c(N(C)C)nc(N)nc32)O1. The summed E-state index contributed by atoms with van der Waals surface area (Å²) < 4.78 is 33.3. The number of halogens is 1. The summed E-state index contributed by atoms with van der Waals surface area (Å²) in [5.74, 6) is -2.06. The van der Waals surface area contributed by atoms with Gasteiger partial charge in [0.25, 0.3) is 0 Å². The third-order valence-corrected chi connectivity index (χ3v) is 6.49. The Kier molecular flexibility index (Phi) is 7.56. The number of fused-ring (bicyclic) bond motifs is 1. The first-order valence-corrected chi connectivity index (χ1v) is 12.4. The molecule has 3 N–H and O–H groups in total. The van der Waals surface area contributed by atoms with E-state index < -0.39 is 31.2 Å². The predicted molar refractivity (Wildman–Crippen MR) is 121 cm³/mol. The molecule has 176 valence electrons. The van der Waals surface area contributed by atoms with Crippen LogP contribution in [0.15, 0.2) is 6.33 Å². The molecule has 32 heavy (non-hydrogen) atoms. The number of nitrogen functional groups attached to an aromatic ring is 1. The molecule has 0 aliphatic carbocycles. The minimum absolute atomic E-state index is 0.0852. The van der Waals surface area contributed by atoms with Gasteiger partial charge < -0.3 is 20.1 Å². The summed E-state index contributed by atoms with van der Waals surface area (Å²) in [6.07, 6.45) is 0.965. The number of imidazole rings is 1. The van der Waals surface area contributed by atoms with Gasteiger partial charge in [-0.1, -0.05) is 12.0 Å². The molecule has 0 saturated carbocycles. The average Bonchev–Trinajstić information content (AvgIpc) is 3.26. The summed E-state index contributed by atoms with van der Waals surface area (Å²) in [6.45, 7) is 5.07. The molecule has 14 heteroatoms. The van der Waals surface area contributed by atoms with Gasteiger partial charge in [0, 0.05) is 26.4 Å². The highest BCUT2D eigenvalue weighted by Gasteiger charge is 2.48. The summed E-state index contributed by atoms with van der Waals surface area (Å²) in [5.41, 5.74) is 6.86. The van der Waals surface area contributed by atoms with E-state index in [0.29, 0.717) is 17.0 Å². The number of nitrogens with zero attached hydrogens (tertiary/aromatic N) is 5. The Hall–Kier alpha value is -2.05. The second-order valence-corrected chi connectivity index (χ2v) is 9.86. The average molecular weight is 489 g/mol. The van der Waals surface area contributed by atoms with Crippen molar-refractivity contribution in [2.24, 2.45) is 5.92 Å². The number of rotatable bonds is 9. The van der Waals surface area contributed by atoms with Gasteiger partial charge in [0.05, 0.1) is 12.9 Å². The summed E-state index contributed by atoms with van der Waals surface area (Å²) in [4.78, 5) is 26.4. The fourth-order valence-electron chi connectivity index (χ4n) is 3.47. The number of nitrogens with two attached hydrogens (primary N) is 1. The molecule has 3 rings (SSSR count). The Morgan fingerprint density at radius 2 is 2.28 bits per heavy atom. The van der Waals surface area contributed by atoms with Gasteiger partial charge >= 0.3 is 13.0 Å². The molecule has 1 fully saturated rings. The molecule has 11 nitrogen and oxygen atoms in total. The van der Waals surface area contributed by atoms with Gasteiger partial charge in [-0.2, -0.15) is 9.97 Å². The Labute approximate surface area is 191 Å². The summed E-state index contributed by atoms with van der Waals surface area (Å²) >= 11 is 5.21. The van der Waals surface area contributed by atoms with Crippen LogP contribution in [0.3, 0.4) is 0 Å². The lowest BCUT2D eigenvalue weighted by Crippen LogP contribution is -2.33. The molecule has 2 aromatic heterocycles. The first-order chi connectivity index (χ1) is 15.0. The fraction of sp³-hybridized carbons (Fsp3) is 0.667. The molecule has 0 radical (unpaired) electrons. The van der Waals surface area contributed by atoms with Crippen molar-refractivity contribution in [1.82, 2.24) is 24.6 Å². The van der Waals surface area contributed by atoms with Crippen LogP contribution in [0.4, 0.5) is 16.2 Å². The number of esters is 1. The van der Waals surface area contributed by atoms with Crippen molar-refractivity contribution >= 4 is 47.8 Å². The van der Waals surface area contributed by atoms with E-state index >= 15 is 4.39 Å². The molecular formula is C18H28FN7O4PS+. The highest BCUT2D eigenvalue weighted by atomic mass is 32.4. The first-order valence-electron chi connectivity index (χ1n) is 10.1. The van der Waals surface area contributed by atoms with Crippen molar-refractivity contribution < 1.29 is 23.2 Å². The van der Waals surface area contributed by atoms with E-state index in [9.17, 15) is 4.79 Å². The monoisotopic (exact) mass is 488 g/mol. The molecule has 1 aliphatic rings. The van der Waals surface area contributed by atoms with E-state index in [4.69, 9.17) is 31.5 Å². The van der Waals surface area contributed by atoms with Crippen LogP contribution in [0.1, 0.15) is 33.4 Å². The second kappa shape index (κ2) is 9.84. The van der Waals surface area contributed by atoms with Crippen LogP contribution < -0.4 is 15.7 Å². The van der Waals surface area contributed by atoms with E-state index in [1.807, 2.05) is 21.0 Å². The van der Waals surface area contributed by atoms with Crippen LogP contribution in [0.25, 0.3) is 11.2 Å². The second-order valence-electron chi connectivity index (χ2n) is 7.83. The van der Waals surface area contributed by atoms with Crippen molar-refractivity contribution in [3.8, 4) is 0 Å². The lowest BCUT2D eigenvalue weighted by Gasteiger charge is -2.20. The maximum Gasteiger partial charge on any atom is 0.440 e. The van der Waals surface area contributed by atoms with Crippen LogP contribution >= 0.6 is 7.07 Å². The van der Waals surface area contributed by atoms with E-state index in [2.05, 4.69) is 20.0 Å². The van der Waals surface area contributed by atoms with Crippen molar-refractivity contribution in [3.05, 3.63) is 6.33 Å². The van der Waals surface area contributed by atoms with Gasteiger partial charge in [0.1, 0.15) is 12.3 Å². The minimum atomic E-state index is -2.06. The maximum atomic E-state index is 15.5. The summed E-state index contributed by atoms with van der Waals surface area (Å²) in [6, 6.07) is -0.654. The zero-order valence-corrected chi connectivity index (χ0v) is 20.3. The van der Waals surface area contributed by atoms with E-state index in [-0.39, 0.29) is 31.5 Å². The van der Waals surface area contributed by atoms with E-state index in [1.165, 1.54) is 0 Å². The first kappa shape index (κ1) is 24.6. The largest absolute Gasteiger partial charge is 0.465 e. The molecule has 1 aliphatic heterocycles. The number of anilines is 2. The number of alkyl halides is 1. The Balaban J connectivity index is 1.70. The molecule has 1 saturated heterocycles. The molecule has 0 spiro atoms. The molecule has 0 amide bonds. The van der Waals surface area contributed by atoms with Gasteiger partial charge in [-0.05, 0) is 13.8 Å². The third kappa shape index (κ3) is 5.29. The Morgan fingerprint density at radius 1 is 1.56 bits per heavy atom. The zero-order valence-electron chi connectivity index (χ0n) is 18.6. The molecule has 3 heterocycles. The lowest BCUT2D eigenvalue weighted by molar-refractivity contribution is -0.171. The van der Waals surface area contributed by atoms with Gasteiger partial charge in [0.15, 0.2) is 23.6 Å². The number of nitrogens with one attached hydrogen (secondary N) is 1. The van der Waals surface area contributed by atoms with Crippen LogP contribution in [0, 0.1) is 5.92 Å². The van der Waals surface area contributed by atoms with Gasteiger partial charge in [-0.3, -0.25) is 9.36 Å². The van der Waals surface area contributed by atoms with Crippen LogP contribution in [0.2, 0.25) is 0 Å². The van der Waals surface area contributed by atoms with Crippen molar-refractivity contribution in [2.45, 2.75) is 45.3 Å². The molecule has 5 atom stereocenters. The van der Waals surface area contributed by atoms with Gasteiger partial charge in [-0.25, -0.2) is 9.37 Å². The minimum Gasteiger partial charge on any atom is -0.465 e. The molecule has 0 bridgehead atoms. The number of hydrogen-bond acceptors (Lipinski definition) is 10. The number of hydrogen-bond donors (Lipinski definition) is 2. The molecule has 1 unspecified atom stereocenters. The lowest BCUT2D eigenvalue weighted by atomic mass is 10.1. The predicted octanol–water partition coefficient (Wildman–Crippen LogP) is 2.03. The van der Waals surface area contributed by atoms with Crippen molar-refractivity contribution in [1.29, 1.82) is 0 Å².